The number of ether oxygens (including phenoxy) is 3. The Morgan fingerprint density at radius 1 is 0.558 bits per heavy atom. The molecule has 4 bridgehead atoms. The van der Waals surface area contributed by atoms with E-state index in [0.717, 1.165) is 90.4 Å². The SMILES string of the molecule is Cc1cc(N2CC3CCC(C2)C3Cc2nc(Oc3cccc(Cl)c3F)n(C=CF)n2)ncn1.Cc1cc(N2CC3CCC(C2)C3Cc2nc(Oc3cccc(Cl)c3F)n(CC(F)F)n2)ncn1.Fc1c(Cl)cccc1Oc1nc(Br)nn1CC(F)F. The Morgan fingerprint density at radius 3 is 1.37 bits per heavy atom. The Hall–Kier alpha value is -7.23. The average Bonchev–Trinajstić information content (AvgIpc) is 2.22. The minimum Gasteiger partial charge on any atom is -0.421 e. The van der Waals surface area contributed by atoms with Crippen molar-refractivity contribution >= 4 is 68.6 Å². The lowest BCUT2D eigenvalue weighted by Crippen LogP contribution is -2.43. The molecule has 0 N–H and O–H groups in total. The van der Waals surface area contributed by atoms with Gasteiger partial charge in [-0.2, -0.15) is 24.7 Å². The summed E-state index contributed by atoms with van der Waals surface area (Å²) in [5, 5.41) is 12.0. The third-order valence-corrected chi connectivity index (χ3v) is 16.4. The molecule has 2 aliphatic carbocycles. The Balaban J connectivity index is 0.000000149. The minimum atomic E-state index is -2.66. The molecule has 4 atom stereocenters. The summed E-state index contributed by atoms with van der Waals surface area (Å²) < 4.78 is 125. The Morgan fingerprint density at radius 2 is 0.953 bits per heavy atom. The van der Waals surface area contributed by atoms with E-state index in [9.17, 15) is 35.1 Å². The molecule has 0 spiro atoms. The number of benzene rings is 3. The molecule has 12 rings (SSSR count). The number of halogens is 12. The van der Waals surface area contributed by atoms with Crippen molar-refractivity contribution in [3.8, 4) is 35.3 Å². The molecule has 18 nitrogen and oxygen atoms in total. The van der Waals surface area contributed by atoms with E-state index in [1.54, 1.807) is 18.7 Å². The van der Waals surface area contributed by atoms with Gasteiger partial charge in [0, 0.05) is 62.5 Å². The normalized spacial score (nSPS) is 19.7. The van der Waals surface area contributed by atoms with Crippen LogP contribution in [0.3, 0.4) is 0 Å². The van der Waals surface area contributed by atoms with Gasteiger partial charge in [0.2, 0.25) is 4.73 Å². The third-order valence-electron chi connectivity index (χ3n) is 15.2. The summed E-state index contributed by atoms with van der Waals surface area (Å²) in [6.07, 6.45) is 4.97. The van der Waals surface area contributed by atoms with Gasteiger partial charge in [0.15, 0.2) is 46.3 Å². The zero-order chi connectivity index (χ0) is 60.8. The predicted octanol–water partition coefficient (Wildman–Crippen LogP) is 13.9. The second-order valence-electron chi connectivity index (χ2n) is 20.9. The van der Waals surface area contributed by atoms with Gasteiger partial charge >= 0.3 is 18.0 Å². The molecule has 8 aromatic rings. The zero-order valence-corrected chi connectivity index (χ0v) is 49.6. The molecule has 86 heavy (non-hydrogen) atoms. The first kappa shape index (κ1) is 61.8. The van der Waals surface area contributed by atoms with E-state index >= 15 is 0 Å². The van der Waals surface area contributed by atoms with Gasteiger partial charge in [-0.3, -0.25) is 0 Å². The van der Waals surface area contributed by atoms with Gasteiger partial charge in [0.05, 0.1) is 21.3 Å². The molecule has 7 heterocycles. The van der Waals surface area contributed by atoms with Crippen molar-refractivity contribution < 1.29 is 49.3 Å². The van der Waals surface area contributed by atoms with Crippen LogP contribution >= 0.6 is 50.7 Å². The first-order chi connectivity index (χ1) is 41.3. The topological polar surface area (TPSA) is 178 Å². The highest BCUT2D eigenvalue weighted by Crippen LogP contribution is 2.46. The molecule has 4 unspecified atom stereocenters. The van der Waals surface area contributed by atoms with Gasteiger partial charge in [-0.1, -0.05) is 53.0 Å². The highest BCUT2D eigenvalue weighted by Gasteiger charge is 2.44. The van der Waals surface area contributed by atoms with E-state index in [2.05, 4.69) is 75.9 Å². The number of hydrogen-bond acceptors (Lipinski definition) is 15. The van der Waals surface area contributed by atoms with Crippen LogP contribution in [0.1, 0.15) is 48.7 Å². The van der Waals surface area contributed by atoms with Crippen LogP contribution in [0, 0.1) is 66.8 Å². The van der Waals surface area contributed by atoms with E-state index in [4.69, 9.17) is 49.0 Å². The molecular formula is C56H53BrCl3F8N15O3. The third kappa shape index (κ3) is 14.9. The van der Waals surface area contributed by atoms with Crippen LogP contribution in [-0.4, -0.2) is 103 Å². The molecule has 2 saturated heterocycles. The van der Waals surface area contributed by atoms with Crippen LogP contribution in [0.15, 0.2) is 90.4 Å². The zero-order valence-electron chi connectivity index (χ0n) is 45.7. The predicted molar refractivity (Wildman–Crippen MR) is 305 cm³/mol. The van der Waals surface area contributed by atoms with Gasteiger partial charge in [0.25, 0.3) is 12.9 Å². The second-order valence-corrected chi connectivity index (χ2v) is 22.8. The van der Waals surface area contributed by atoms with Gasteiger partial charge in [-0.15, -0.1) is 10.2 Å². The van der Waals surface area contributed by atoms with Crippen molar-refractivity contribution in [1.29, 1.82) is 0 Å². The van der Waals surface area contributed by atoms with Crippen LogP contribution < -0.4 is 24.0 Å². The first-order valence-electron chi connectivity index (χ1n) is 27.1. The van der Waals surface area contributed by atoms with Crippen LogP contribution in [0.25, 0.3) is 6.20 Å². The van der Waals surface area contributed by atoms with Crippen molar-refractivity contribution in [3.05, 3.63) is 146 Å². The summed E-state index contributed by atoms with van der Waals surface area (Å²) in [7, 11) is 0. The lowest BCUT2D eigenvalue weighted by molar-refractivity contribution is 0.117. The molecule has 30 heteroatoms. The van der Waals surface area contributed by atoms with Gasteiger partial charge in [-0.05, 0) is 127 Å². The van der Waals surface area contributed by atoms with Crippen LogP contribution in [0.5, 0.6) is 35.3 Å². The summed E-state index contributed by atoms with van der Waals surface area (Å²) in [4.78, 5) is 34.4. The monoisotopic (exact) mass is 1320 g/mol. The van der Waals surface area contributed by atoms with Crippen molar-refractivity contribution in [3.63, 3.8) is 0 Å². The van der Waals surface area contributed by atoms with Gasteiger partial charge in [0.1, 0.15) is 43.7 Å². The number of aryl methyl sites for hydroxylation is 2. The smallest absolute Gasteiger partial charge is 0.325 e. The molecule has 5 aromatic heterocycles. The summed E-state index contributed by atoms with van der Waals surface area (Å²) >= 11 is 20.2. The number of nitrogens with zero attached hydrogens (tertiary/aromatic N) is 15. The standard InChI is InChI=1S/C23H24ClF3N6O.C23H23ClF2N6O.C10H6BrClF3N3O/c1-13-7-21(29-12-28-13)32-9-14-5-6-15(10-32)16(14)8-20-30-23(33(31-20)11-19(25)26)34-18-4-2-3-17(24)22(18)27;1-14-9-21(28-13-27-14)31-11-15-5-6-16(12-31)17(15)10-20-29-23(32(30-20)8-7-25)33-19-4-2-3-18(24)22(19)26;11-9-16-10(18(17-9)4-7(13)14)19-6-3-1-2-5(12)8(6)15/h2-4,7,12,14-16,19H,5-6,8-11H2,1H3;2-4,7-9,13,15-17H,5-6,10-12H2,1H3;1-3,7H,4H2. The molecule has 2 saturated carbocycles. The summed E-state index contributed by atoms with van der Waals surface area (Å²) in [5.74, 6) is 2.63. The van der Waals surface area contributed by atoms with Gasteiger partial charge in [-0.25, -0.2) is 64.4 Å². The molecule has 2 aliphatic heterocycles. The lowest BCUT2D eigenvalue weighted by atomic mass is 9.82. The van der Waals surface area contributed by atoms with E-state index in [1.807, 2.05) is 26.0 Å². The lowest BCUT2D eigenvalue weighted by Gasteiger charge is -2.38. The average molecular weight is 1320 g/mol. The quantitative estimate of drug-likeness (QED) is 0.0786. The number of rotatable bonds is 17. The maximum Gasteiger partial charge on any atom is 0.325 e. The Labute approximate surface area is 510 Å². The van der Waals surface area contributed by atoms with E-state index in [-0.39, 0.29) is 55.1 Å². The number of aromatic nitrogens is 13. The summed E-state index contributed by atoms with van der Waals surface area (Å²) in [6.45, 7) is 6.08. The van der Waals surface area contributed by atoms with Crippen molar-refractivity contribution in [2.75, 3.05) is 36.0 Å². The molecule has 3 aromatic carbocycles. The maximum absolute atomic E-state index is 14.3. The molecule has 454 valence electrons. The number of alkyl halides is 4. The second kappa shape index (κ2) is 27.6. The fraction of sp³-hybridized carbons (Fsp3) is 0.393. The summed E-state index contributed by atoms with van der Waals surface area (Å²) in [5.41, 5.74) is 1.88. The molecule has 4 aliphatic rings. The summed E-state index contributed by atoms with van der Waals surface area (Å²) in [6, 6.07) is 16.4. The molecular weight excluding hydrogens is 1270 g/mol. The van der Waals surface area contributed by atoms with Crippen molar-refractivity contribution in [1.82, 2.24) is 64.2 Å². The Bertz CT molecular complexity index is 3650. The van der Waals surface area contributed by atoms with Crippen LogP contribution in [-0.2, 0) is 25.9 Å². The van der Waals surface area contributed by atoms with Crippen LogP contribution in [0.4, 0.5) is 46.8 Å². The number of anilines is 2. The van der Waals surface area contributed by atoms with Crippen LogP contribution in [0.2, 0.25) is 15.1 Å². The minimum absolute atomic E-state index is 0.0127. The number of hydrogen-bond donors (Lipinski definition) is 0. The molecule has 0 amide bonds. The Kier molecular flexibility index (Phi) is 19.9. The number of piperidine rings is 2. The van der Waals surface area contributed by atoms with Gasteiger partial charge < -0.3 is 24.0 Å². The highest BCUT2D eigenvalue weighted by molar-refractivity contribution is 9.10. The fourth-order valence-electron chi connectivity index (χ4n) is 11.4. The maximum atomic E-state index is 14.3. The largest absolute Gasteiger partial charge is 0.421 e. The first-order valence-corrected chi connectivity index (χ1v) is 29.0. The molecule has 4 fully saturated rings. The highest BCUT2D eigenvalue weighted by atomic mass is 79.9. The molecule has 0 radical (unpaired) electrons. The van der Waals surface area contributed by atoms with E-state index in [0.29, 0.717) is 66.3 Å². The fourth-order valence-corrected chi connectivity index (χ4v) is 12.3. The number of fused-ring (bicyclic) bond motifs is 4. The van der Waals surface area contributed by atoms with Crippen molar-refractivity contribution in [2.24, 2.45) is 35.5 Å². The van der Waals surface area contributed by atoms with Crippen molar-refractivity contribution in [2.45, 2.75) is 78.3 Å². The van der Waals surface area contributed by atoms with E-state index in [1.165, 1.54) is 53.2 Å². The van der Waals surface area contributed by atoms with E-state index < -0.39 is 43.4 Å².